The van der Waals surface area contributed by atoms with Crippen LogP contribution in [0.5, 0.6) is 0 Å². The molecule has 0 unspecified atom stereocenters. The molecule has 0 spiro atoms. The zero-order valence-electron chi connectivity index (χ0n) is 14.4. The van der Waals surface area contributed by atoms with Gasteiger partial charge in [-0.05, 0) is 0 Å². The van der Waals surface area contributed by atoms with E-state index in [1.807, 2.05) is 0 Å². The molecule has 3 aliphatic rings. The molecule has 2 bridgehead atoms. The Bertz CT molecular complexity index is 1140. The van der Waals surface area contributed by atoms with Crippen molar-refractivity contribution in [1.82, 2.24) is 0 Å². The van der Waals surface area contributed by atoms with Gasteiger partial charge >= 0.3 is 186 Å². The second kappa shape index (κ2) is 7.04. The van der Waals surface area contributed by atoms with Gasteiger partial charge in [-0.3, -0.25) is 0 Å². The predicted molar refractivity (Wildman–Crippen MR) is 88.1 cm³/mol. The minimum atomic E-state index is -5.50. The molecule has 0 saturated carbocycles. The van der Waals surface area contributed by atoms with Crippen molar-refractivity contribution < 1.29 is 52.7 Å². The summed E-state index contributed by atoms with van der Waals surface area (Å²) in [6.45, 7) is 0. The van der Waals surface area contributed by atoms with Gasteiger partial charge in [0.1, 0.15) is 0 Å². The van der Waals surface area contributed by atoms with Crippen LogP contribution in [0.2, 0.25) is 0 Å². The average molecular weight is 862 g/mol. The van der Waals surface area contributed by atoms with Crippen molar-refractivity contribution in [1.29, 1.82) is 0 Å². The SMILES string of the molecule is Fc1c(F)c(F)[c]2[c](c1F)[Bi]1[c]3c(F)c(F)c(F)c(F)[c]3[Bi]2[c]2c(F)c(F)c(F)c(F)[c]21. The van der Waals surface area contributed by atoms with Crippen molar-refractivity contribution in [2.24, 2.45) is 0 Å². The molecule has 3 heterocycles. The molecule has 3 aromatic rings. The Morgan fingerprint density at radius 1 is 0.219 bits per heavy atom. The van der Waals surface area contributed by atoms with Crippen molar-refractivity contribution in [2.75, 3.05) is 0 Å². The van der Waals surface area contributed by atoms with E-state index in [1.54, 1.807) is 0 Å². The second-order valence-electron chi connectivity index (χ2n) is 6.53. The molecule has 3 aliphatic heterocycles. The molecule has 166 valence electrons. The molecular formula is C18Bi2F12. The Kier molecular flexibility index (Phi) is 4.93. The van der Waals surface area contributed by atoms with E-state index in [2.05, 4.69) is 0 Å². The van der Waals surface area contributed by atoms with Gasteiger partial charge < -0.3 is 0 Å². The van der Waals surface area contributed by atoms with Crippen LogP contribution in [-0.4, -0.2) is 43.5 Å². The van der Waals surface area contributed by atoms with Crippen LogP contribution in [0.15, 0.2) is 0 Å². The Balaban J connectivity index is 2.09. The predicted octanol–water partition coefficient (Wildman–Crippen LogP) is 1.01. The van der Waals surface area contributed by atoms with Crippen LogP contribution in [0.25, 0.3) is 0 Å². The van der Waals surface area contributed by atoms with E-state index in [0.29, 0.717) is 0 Å². The molecule has 0 amide bonds. The van der Waals surface area contributed by atoms with Crippen LogP contribution in [0.3, 0.4) is 0 Å². The molecule has 0 nitrogen and oxygen atoms in total. The number of hydrogen-bond acceptors (Lipinski definition) is 0. The number of rotatable bonds is 0. The van der Waals surface area contributed by atoms with E-state index in [1.165, 1.54) is 0 Å². The van der Waals surface area contributed by atoms with Crippen LogP contribution < -0.4 is 19.6 Å². The van der Waals surface area contributed by atoms with E-state index >= 15 is 0 Å². The molecule has 14 heteroatoms. The fourth-order valence-corrected chi connectivity index (χ4v) is 43.5. The van der Waals surface area contributed by atoms with Gasteiger partial charge in [-0.2, -0.15) is 0 Å². The van der Waals surface area contributed by atoms with Crippen LogP contribution >= 0.6 is 0 Å². The molecule has 0 saturated heterocycles. The summed E-state index contributed by atoms with van der Waals surface area (Å²) >= 11 is -11.0. The average Bonchev–Trinajstić information content (AvgIpc) is 2.78. The minimum absolute atomic E-state index is 1.14. The summed E-state index contributed by atoms with van der Waals surface area (Å²) in [5.41, 5.74) is 0. The second-order valence-corrected chi connectivity index (χ2v) is 22.2. The zero-order chi connectivity index (χ0) is 23.5. The van der Waals surface area contributed by atoms with Crippen LogP contribution in [0, 0.1) is 69.8 Å². The molecule has 6 rings (SSSR count). The molecule has 0 fully saturated rings. The van der Waals surface area contributed by atoms with Gasteiger partial charge in [-0.25, -0.2) is 0 Å². The third kappa shape index (κ3) is 2.43. The van der Waals surface area contributed by atoms with Gasteiger partial charge in [0, 0.05) is 0 Å². The van der Waals surface area contributed by atoms with E-state index in [0.717, 1.165) is 0 Å². The summed E-state index contributed by atoms with van der Waals surface area (Å²) in [7, 11) is 0. The maximum absolute atomic E-state index is 14.7. The first-order chi connectivity index (χ1) is 14.9. The van der Waals surface area contributed by atoms with Crippen molar-refractivity contribution in [2.45, 2.75) is 0 Å². The Hall–Kier alpha value is -1.41. The fourth-order valence-electron chi connectivity index (χ4n) is 3.72. The normalized spacial score (nSPS) is 14.6. The summed E-state index contributed by atoms with van der Waals surface area (Å²) in [5.74, 6) is -27.3. The number of hydrogen-bond donors (Lipinski definition) is 0. The van der Waals surface area contributed by atoms with Crippen LogP contribution in [0.1, 0.15) is 0 Å². The topological polar surface area (TPSA) is 0 Å². The van der Waals surface area contributed by atoms with E-state index in [9.17, 15) is 52.7 Å². The molecule has 0 atom stereocenters. The number of benzene rings is 3. The fraction of sp³-hybridized carbons (Fsp3) is 0. The Labute approximate surface area is 184 Å². The summed E-state index contributed by atoms with van der Waals surface area (Å²) in [6.07, 6.45) is 0. The van der Waals surface area contributed by atoms with Gasteiger partial charge in [0.15, 0.2) is 0 Å². The first-order valence-electron chi connectivity index (χ1n) is 8.11. The first-order valence-corrected chi connectivity index (χ1v) is 18.5. The van der Waals surface area contributed by atoms with Crippen LogP contribution in [0.4, 0.5) is 52.7 Å². The van der Waals surface area contributed by atoms with Gasteiger partial charge in [0.25, 0.3) is 0 Å². The van der Waals surface area contributed by atoms with Crippen molar-refractivity contribution in [3.63, 3.8) is 0 Å². The van der Waals surface area contributed by atoms with E-state index in [4.69, 9.17) is 0 Å². The van der Waals surface area contributed by atoms with Gasteiger partial charge in [0.2, 0.25) is 0 Å². The Morgan fingerprint density at radius 2 is 0.344 bits per heavy atom. The van der Waals surface area contributed by atoms with E-state index < -0.39 is 133 Å². The van der Waals surface area contributed by atoms with Crippen LogP contribution in [-0.2, 0) is 0 Å². The quantitative estimate of drug-likeness (QED) is 0.0946. The monoisotopic (exact) mass is 862 g/mol. The van der Waals surface area contributed by atoms with Gasteiger partial charge in [-0.15, -0.1) is 0 Å². The van der Waals surface area contributed by atoms with Crippen molar-refractivity contribution >= 4 is 63.1 Å². The molecule has 0 aromatic heterocycles. The molecular weight excluding hydrogens is 862 g/mol. The standard InChI is InChI=1S/3C6F4.2Bi/c3*7-3-1-2-4(8)6(10)5(3)9;;. The molecule has 32 heavy (non-hydrogen) atoms. The third-order valence-corrected chi connectivity index (χ3v) is 34.0. The van der Waals surface area contributed by atoms with Crippen molar-refractivity contribution in [3.8, 4) is 0 Å². The van der Waals surface area contributed by atoms with E-state index in [-0.39, 0.29) is 0 Å². The van der Waals surface area contributed by atoms with Crippen molar-refractivity contribution in [3.05, 3.63) is 69.8 Å². The summed E-state index contributed by atoms with van der Waals surface area (Å²) in [5, 5.41) is 0. The first kappa shape index (κ1) is 22.4. The summed E-state index contributed by atoms with van der Waals surface area (Å²) in [6, 6.07) is 0. The Morgan fingerprint density at radius 3 is 0.469 bits per heavy atom. The molecule has 3 aromatic carbocycles. The maximum atomic E-state index is 14.7. The number of halogens is 12. The summed E-state index contributed by atoms with van der Waals surface area (Å²) in [4.78, 5) is 0. The summed E-state index contributed by atoms with van der Waals surface area (Å²) < 4.78 is 165. The van der Waals surface area contributed by atoms with Gasteiger partial charge in [-0.1, -0.05) is 0 Å². The van der Waals surface area contributed by atoms with Gasteiger partial charge in [0.05, 0.1) is 0 Å². The molecule has 0 N–H and O–H groups in total. The third-order valence-electron chi connectivity index (χ3n) is 5.00. The molecule has 0 aliphatic carbocycles. The molecule has 0 radical (unpaired) electrons. The zero-order valence-corrected chi connectivity index (χ0v) is 21.4.